The van der Waals surface area contributed by atoms with Crippen LogP contribution in [0.3, 0.4) is 0 Å². The number of hydrogen-bond acceptors (Lipinski definition) is 10. The third kappa shape index (κ3) is 12.3. The van der Waals surface area contributed by atoms with E-state index < -0.39 is 67.1 Å². The van der Waals surface area contributed by atoms with Crippen LogP contribution in [0.15, 0.2) is 12.5 Å². The van der Waals surface area contributed by atoms with Gasteiger partial charge in [0, 0.05) is 12.6 Å². The van der Waals surface area contributed by atoms with Gasteiger partial charge in [0.15, 0.2) is 0 Å². The van der Waals surface area contributed by atoms with Crippen molar-refractivity contribution in [1.29, 1.82) is 0 Å². The fourth-order valence-electron chi connectivity index (χ4n) is 3.57. The summed E-state index contributed by atoms with van der Waals surface area (Å²) in [7, 11) is 0. The summed E-state index contributed by atoms with van der Waals surface area (Å²) < 4.78 is 0. The second kappa shape index (κ2) is 18.0. The van der Waals surface area contributed by atoms with E-state index in [0.29, 0.717) is 31.5 Å². The zero-order valence-electron chi connectivity index (χ0n) is 22.3. The molecule has 0 fully saturated rings. The maximum atomic E-state index is 13.3. The number of aliphatic hydroxyl groups is 2. The zero-order chi connectivity index (χ0) is 29.4. The van der Waals surface area contributed by atoms with Crippen molar-refractivity contribution in [2.24, 2.45) is 17.4 Å². The van der Waals surface area contributed by atoms with E-state index in [-0.39, 0.29) is 18.8 Å². The van der Waals surface area contributed by atoms with Crippen molar-refractivity contribution in [3.8, 4) is 0 Å². The number of aliphatic hydroxyl groups excluding tert-OH is 2. The number of carbonyl (C=O) groups excluding carboxylic acids is 5. The number of imidazole rings is 1. The minimum Gasteiger partial charge on any atom is -0.394 e. The maximum absolute atomic E-state index is 13.3. The predicted molar refractivity (Wildman–Crippen MR) is 140 cm³/mol. The van der Waals surface area contributed by atoms with Crippen LogP contribution in [-0.4, -0.2) is 100 Å². The van der Waals surface area contributed by atoms with E-state index in [2.05, 4.69) is 31.2 Å². The molecule has 219 valence electrons. The topological polar surface area (TPSA) is 255 Å². The van der Waals surface area contributed by atoms with Crippen LogP contribution in [-0.2, 0) is 30.4 Å². The molecule has 5 atom stereocenters. The zero-order valence-corrected chi connectivity index (χ0v) is 22.3. The summed E-state index contributed by atoms with van der Waals surface area (Å²) in [6.45, 7) is 2.58. The molecule has 39 heavy (non-hydrogen) atoms. The van der Waals surface area contributed by atoms with Gasteiger partial charge in [-0.05, 0) is 31.7 Å². The minimum atomic E-state index is -1.46. The van der Waals surface area contributed by atoms with Crippen molar-refractivity contribution in [1.82, 2.24) is 31.2 Å². The highest BCUT2D eigenvalue weighted by atomic mass is 16.3. The summed E-state index contributed by atoms with van der Waals surface area (Å²) in [5, 5.41) is 28.4. The molecule has 0 saturated carbocycles. The largest absolute Gasteiger partial charge is 0.394 e. The van der Waals surface area contributed by atoms with E-state index in [1.807, 2.05) is 13.8 Å². The molecule has 15 heteroatoms. The number of aromatic amines is 1. The number of aromatic nitrogens is 2. The Morgan fingerprint density at radius 2 is 1.56 bits per heavy atom. The first-order valence-electron chi connectivity index (χ1n) is 12.8. The lowest BCUT2D eigenvalue weighted by Gasteiger charge is -2.26. The third-order valence-electron chi connectivity index (χ3n) is 5.70. The number of carbonyl (C=O) groups is 4. The average molecular weight is 554 g/mol. The van der Waals surface area contributed by atoms with Gasteiger partial charge in [0.1, 0.15) is 24.2 Å². The van der Waals surface area contributed by atoms with Crippen LogP contribution >= 0.6 is 0 Å². The molecule has 1 aromatic heterocycles. The Hall–Kier alpha value is -3.40. The first-order chi connectivity index (χ1) is 18.6. The van der Waals surface area contributed by atoms with Crippen LogP contribution in [0, 0.1) is 5.92 Å². The number of nitrogens with zero attached hydrogens (tertiary/aromatic N) is 1. The smallest absolute Gasteiger partial charge is 0.245 e. The predicted octanol–water partition coefficient (Wildman–Crippen LogP) is -3.51. The van der Waals surface area contributed by atoms with E-state index in [0.717, 1.165) is 0 Å². The van der Waals surface area contributed by atoms with Crippen molar-refractivity contribution in [3.05, 3.63) is 18.2 Å². The molecule has 11 N–H and O–H groups in total. The van der Waals surface area contributed by atoms with Crippen molar-refractivity contribution in [2.75, 3.05) is 19.8 Å². The monoisotopic (exact) mass is 553 g/mol. The molecule has 0 aliphatic carbocycles. The van der Waals surface area contributed by atoms with E-state index in [1.54, 1.807) is 6.20 Å². The van der Waals surface area contributed by atoms with Crippen LogP contribution in [0.1, 0.15) is 45.2 Å². The molecule has 0 spiro atoms. The number of amides is 4. The van der Waals surface area contributed by atoms with E-state index in [9.17, 15) is 29.1 Å². The van der Waals surface area contributed by atoms with E-state index in [4.69, 9.17) is 16.6 Å². The SMILES string of the molecule is CC(C)C[C@H](NC(=O)[C@H](Cc1c[nH]cn1)NC(=O)[C@@H](N)CCCCN)C(=O)N[C@@H](CO)C(=O)N[C@H]([C]=O)CO. The molecule has 0 unspecified atom stereocenters. The molecule has 0 saturated heterocycles. The number of rotatable bonds is 19. The van der Waals surface area contributed by atoms with Gasteiger partial charge in [0.05, 0.1) is 31.3 Å². The molecule has 0 bridgehead atoms. The number of nitrogens with one attached hydrogen (secondary N) is 5. The van der Waals surface area contributed by atoms with Crippen LogP contribution in [0.4, 0.5) is 0 Å². The first kappa shape index (κ1) is 33.6. The van der Waals surface area contributed by atoms with Crippen LogP contribution in [0.5, 0.6) is 0 Å². The second-order valence-electron chi connectivity index (χ2n) is 9.51. The average Bonchev–Trinajstić information content (AvgIpc) is 3.42. The van der Waals surface area contributed by atoms with Gasteiger partial charge in [-0.3, -0.25) is 24.0 Å². The quantitative estimate of drug-likeness (QED) is 0.0763. The maximum Gasteiger partial charge on any atom is 0.245 e. The normalized spacial score (nSPS) is 14.9. The molecule has 1 heterocycles. The van der Waals surface area contributed by atoms with Crippen molar-refractivity contribution in [2.45, 2.75) is 76.2 Å². The number of unbranched alkanes of at least 4 members (excludes halogenated alkanes) is 1. The Bertz CT molecular complexity index is 912. The fourth-order valence-corrected chi connectivity index (χ4v) is 3.57. The third-order valence-corrected chi connectivity index (χ3v) is 5.70. The molecule has 1 aromatic rings. The van der Waals surface area contributed by atoms with E-state index in [1.165, 1.54) is 12.6 Å². The first-order valence-corrected chi connectivity index (χ1v) is 12.8. The Kier molecular flexibility index (Phi) is 15.5. The lowest BCUT2D eigenvalue weighted by atomic mass is 10.0. The molecule has 4 amide bonds. The lowest BCUT2D eigenvalue weighted by Crippen LogP contribution is -2.59. The van der Waals surface area contributed by atoms with Gasteiger partial charge in [-0.25, -0.2) is 4.98 Å². The van der Waals surface area contributed by atoms with Crippen LogP contribution in [0.2, 0.25) is 0 Å². The van der Waals surface area contributed by atoms with Crippen molar-refractivity contribution < 1.29 is 34.2 Å². The Balaban J connectivity index is 3.02. The highest BCUT2D eigenvalue weighted by molar-refractivity contribution is 5.95. The van der Waals surface area contributed by atoms with Crippen molar-refractivity contribution >= 4 is 29.9 Å². The van der Waals surface area contributed by atoms with Gasteiger partial charge >= 0.3 is 0 Å². The summed E-state index contributed by atoms with van der Waals surface area (Å²) in [6.07, 6.45) is 6.30. The van der Waals surface area contributed by atoms with Gasteiger partial charge in [-0.1, -0.05) is 20.3 Å². The number of H-pyrrole nitrogens is 1. The molecule has 0 aliphatic heterocycles. The number of hydrogen-bond donors (Lipinski definition) is 9. The molecule has 1 radical (unpaired) electrons. The van der Waals surface area contributed by atoms with Gasteiger partial charge < -0.3 is 47.9 Å². The fraction of sp³-hybridized carbons (Fsp3) is 0.667. The summed E-state index contributed by atoms with van der Waals surface area (Å²) in [6, 6.07) is -5.91. The highest BCUT2D eigenvalue weighted by Crippen LogP contribution is 2.08. The van der Waals surface area contributed by atoms with Gasteiger partial charge in [0.25, 0.3) is 0 Å². The Morgan fingerprint density at radius 3 is 2.10 bits per heavy atom. The van der Waals surface area contributed by atoms with Crippen LogP contribution in [0.25, 0.3) is 0 Å². The molecule has 1 rings (SSSR count). The Morgan fingerprint density at radius 1 is 0.949 bits per heavy atom. The molecule has 0 aromatic carbocycles. The lowest BCUT2D eigenvalue weighted by molar-refractivity contribution is -0.134. The summed E-state index contributed by atoms with van der Waals surface area (Å²) in [5.74, 6) is -2.99. The highest BCUT2D eigenvalue weighted by Gasteiger charge is 2.31. The van der Waals surface area contributed by atoms with Crippen LogP contribution < -0.4 is 32.7 Å². The summed E-state index contributed by atoms with van der Waals surface area (Å²) >= 11 is 0. The second-order valence-corrected chi connectivity index (χ2v) is 9.51. The van der Waals surface area contributed by atoms with Crippen molar-refractivity contribution in [3.63, 3.8) is 0 Å². The molecule has 0 aliphatic rings. The van der Waals surface area contributed by atoms with Gasteiger partial charge in [0.2, 0.25) is 29.9 Å². The molecule has 15 nitrogen and oxygen atoms in total. The summed E-state index contributed by atoms with van der Waals surface area (Å²) in [4.78, 5) is 69.0. The van der Waals surface area contributed by atoms with E-state index >= 15 is 0 Å². The van der Waals surface area contributed by atoms with Gasteiger partial charge in [-0.2, -0.15) is 0 Å². The number of nitrogens with two attached hydrogens (primary N) is 2. The Labute approximate surface area is 227 Å². The minimum absolute atomic E-state index is 0.0129. The molecular weight excluding hydrogens is 512 g/mol. The van der Waals surface area contributed by atoms with Gasteiger partial charge in [-0.15, -0.1) is 0 Å². The standard InChI is InChI=1S/C24H41N8O7/c1-14(2)7-18(22(37)32-20(12-35)24(39)29-16(10-33)11-34)31-23(38)19(8-15-9-27-13-28-15)30-21(36)17(26)5-3-4-6-25/h9,13-14,16-20,33,35H,3-8,10,12,25-26H2,1-2H3,(H,27,28)(H,29,39)(H,30,36)(H,31,38)(H,32,37)/t16-,17-,18-,19-,20-/m0/s1. The molecular formula is C24H41N8O7. The summed E-state index contributed by atoms with van der Waals surface area (Å²) in [5.41, 5.74) is 11.9.